The molecule has 0 saturated carbocycles. The number of nitrogens with one attached hydrogen (secondary N) is 1. The van der Waals surface area contributed by atoms with E-state index in [0.717, 1.165) is 5.69 Å². The van der Waals surface area contributed by atoms with Crippen molar-refractivity contribution in [1.82, 2.24) is 0 Å². The van der Waals surface area contributed by atoms with Crippen LogP contribution in [0, 0.1) is 0 Å². The van der Waals surface area contributed by atoms with E-state index in [1.54, 1.807) is 27.7 Å². The summed E-state index contributed by atoms with van der Waals surface area (Å²) >= 11 is 0. The third-order valence-corrected chi connectivity index (χ3v) is 3.08. The summed E-state index contributed by atoms with van der Waals surface area (Å²) in [5.74, 6) is -0.544. The SMILES string of the molecule is CC(C)OC(=O)CN1C(=O)C(C)(C)Nc2ccccc21. The van der Waals surface area contributed by atoms with Crippen molar-refractivity contribution in [2.75, 3.05) is 16.8 Å². The van der Waals surface area contributed by atoms with Crippen molar-refractivity contribution in [1.29, 1.82) is 0 Å². The zero-order valence-corrected chi connectivity index (χ0v) is 12.3. The first-order valence-corrected chi connectivity index (χ1v) is 6.70. The maximum Gasteiger partial charge on any atom is 0.326 e. The molecule has 0 atom stereocenters. The molecule has 1 N–H and O–H groups in total. The van der Waals surface area contributed by atoms with Crippen LogP contribution < -0.4 is 10.2 Å². The highest BCUT2D eigenvalue weighted by Gasteiger charge is 2.39. The summed E-state index contributed by atoms with van der Waals surface area (Å²) < 4.78 is 5.13. The first kappa shape index (κ1) is 14.4. The minimum Gasteiger partial charge on any atom is -0.462 e. The lowest BCUT2D eigenvalue weighted by Crippen LogP contribution is -2.55. The molecule has 5 nitrogen and oxygen atoms in total. The van der Waals surface area contributed by atoms with E-state index in [4.69, 9.17) is 4.74 Å². The van der Waals surface area contributed by atoms with Crippen molar-refractivity contribution in [2.45, 2.75) is 39.3 Å². The Bertz CT molecular complexity index is 538. The minimum absolute atomic E-state index is 0.0703. The number of nitrogens with zero attached hydrogens (tertiary/aromatic N) is 1. The van der Waals surface area contributed by atoms with Crippen LogP contribution in [0.5, 0.6) is 0 Å². The minimum atomic E-state index is -0.744. The second-order valence-electron chi connectivity index (χ2n) is 5.70. The lowest BCUT2D eigenvalue weighted by molar-refractivity contribution is -0.146. The van der Waals surface area contributed by atoms with Crippen molar-refractivity contribution in [3.63, 3.8) is 0 Å². The number of hydrogen-bond donors (Lipinski definition) is 1. The number of esters is 1. The number of para-hydroxylation sites is 2. The zero-order chi connectivity index (χ0) is 14.9. The Hall–Kier alpha value is -2.04. The van der Waals surface area contributed by atoms with Crippen LogP contribution in [0.25, 0.3) is 0 Å². The van der Waals surface area contributed by atoms with Gasteiger partial charge >= 0.3 is 5.97 Å². The summed E-state index contributed by atoms with van der Waals surface area (Å²) in [6, 6.07) is 7.44. The molecule has 5 heteroatoms. The number of benzene rings is 1. The molecule has 1 heterocycles. The van der Waals surface area contributed by atoms with E-state index in [1.165, 1.54) is 4.90 Å². The molecule has 1 amide bonds. The van der Waals surface area contributed by atoms with E-state index in [0.29, 0.717) is 5.69 Å². The molecule has 2 rings (SSSR count). The van der Waals surface area contributed by atoms with Crippen LogP contribution in [-0.2, 0) is 14.3 Å². The molecule has 0 spiro atoms. The standard InChI is InChI=1S/C15H20N2O3/c1-10(2)20-13(18)9-17-12-8-6-5-7-11(12)16-15(3,4)14(17)19/h5-8,10,16H,9H2,1-4H3. The Morgan fingerprint density at radius 1 is 1.35 bits per heavy atom. The zero-order valence-electron chi connectivity index (χ0n) is 12.3. The molecule has 1 aromatic carbocycles. The van der Waals surface area contributed by atoms with Gasteiger partial charge in [-0.15, -0.1) is 0 Å². The number of carbonyl (C=O) groups is 2. The fourth-order valence-corrected chi connectivity index (χ4v) is 2.24. The van der Waals surface area contributed by atoms with E-state index < -0.39 is 11.5 Å². The number of hydrogen-bond acceptors (Lipinski definition) is 4. The molecule has 0 unspecified atom stereocenters. The van der Waals surface area contributed by atoms with Gasteiger partial charge in [0.15, 0.2) is 0 Å². The monoisotopic (exact) mass is 276 g/mol. The molecule has 1 aromatic rings. The smallest absolute Gasteiger partial charge is 0.326 e. The highest BCUT2D eigenvalue weighted by molar-refractivity contribution is 6.09. The molecule has 1 aliphatic rings. The van der Waals surface area contributed by atoms with Gasteiger partial charge in [0.05, 0.1) is 17.5 Å². The van der Waals surface area contributed by atoms with Crippen molar-refractivity contribution >= 4 is 23.3 Å². The molecule has 108 valence electrons. The van der Waals surface area contributed by atoms with Crippen LogP contribution in [0.2, 0.25) is 0 Å². The molecule has 1 aliphatic heterocycles. The van der Waals surface area contributed by atoms with Crippen LogP contribution in [0.4, 0.5) is 11.4 Å². The number of anilines is 2. The Kier molecular flexibility index (Phi) is 3.70. The summed E-state index contributed by atoms with van der Waals surface area (Å²) in [6.07, 6.45) is -0.191. The first-order chi connectivity index (χ1) is 9.31. The maximum absolute atomic E-state index is 12.5. The van der Waals surface area contributed by atoms with Gasteiger partial charge in [-0.1, -0.05) is 12.1 Å². The Morgan fingerprint density at radius 2 is 2.00 bits per heavy atom. The van der Waals surface area contributed by atoms with E-state index in [-0.39, 0.29) is 18.6 Å². The third-order valence-electron chi connectivity index (χ3n) is 3.08. The number of ether oxygens (including phenoxy) is 1. The Balaban J connectivity index is 2.30. The summed E-state index contributed by atoms with van der Waals surface area (Å²) in [5, 5.41) is 3.19. The lowest BCUT2D eigenvalue weighted by atomic mass is 9.98. The van der Waals surface area contributed by atoms with E-state index in [1.807, 2.05) is 24.3 Å². The highest BCUT2D eigenvalue weighted by Crippen LogP contribution is 2.34. The summed E-state index contributed by atoms with van der Waals surface area (Å²) in [6.45, 7) is 7.10. The summed E-state index contributed by atoms with van der Waals surface area (Å²) in [7, 11) is 0. The molecule has 0 radical (unpaired) electrons. The first-order valence-electron chi connectivity index (χ1n) is 6.70. The number of rotatable bonds is 3. The van der Waals surface area contributed by atoms with Gasteiger partial charge in [0.25, 0.3) is 5.91 Å². The van der Waals surface area contributed by atoms with Crippen LogP contribution in [-0.4, -0.2) is 30.1 Å². The molecule has 0 fully saturated rings. The summed E-state index contributed by atoms with van der Waals surface area (Å²) in [5.41, 5.74) is 0.805. The normalized spacial score (nSPS) is 16.6. The van der Waals surface area contributed by atoms with Crippen LogP contribution >= 0.6 is 0 Å². The molecule has 0 aromatic heterocycles. The molecular formula is C15H20N2O3. The van der Waals surface area contributed by atoms with E-state index in [2.05, 4.69) is 5.32 Å². The van der Waals surface area contributed by atoms with Gasteiger partial charge in [0, 0.05) is 0 Å². The summed E-state index contributed by atoms with van der Waals surface area (Å²) in [4.78, 5) is 25.8. The maximum atomic E-state index is 12.5. The van der Waals surface area contributed by atoms with E-state index in [9.17, 15) is 9.59 Å². The van der Waals surface area contributed by atoms with Gasteiger partial charge in [0.1, 0.15) is 12.1 Å². The second kappa shape index (κ2) is 5.15. The topological polar surface area (TPSA) is 58.6 Å². The van der Waals surface area contributed by atoms with Gasteiger partial charge in [-0.2, -0.15) is 0 Å². The van der Waals surface area contributed by atoms with Crippen LogP contribution in [0.1, 0.15) is 27.7 Å². The van der Waals surface area contributed by atoms with Crippen molar-refractivity contribution in [2.24, 2.45) is 0 Å². The van der Waals surface area contributed by atoms with Gasteiger partial charge in [0.2, 0.25) is 0 Å². The Morgan fingerprint density at radius 3 is 2.65 bits per heavy atom. The van der Waals surface area contributed by atoms with Gasteiger partial charge < -0.3 is 10.1 Å². The average molecular weight is 276 g/mol. The van der Waals surface area contributed by atoms with Crippen molar-refractivity contribution in [3.8, 4) is 0 Å². The molecule has 0 saturated heterocycles. The fraction of sp³-hybridized carbons (Fsp3) is 0.467. The van der Waals surface area contributed by atoms with Crippen molar-refractivity contribution < 1.29 is 14.3 Å². The van der Waals surface area contributed by atoms with Crippen LogP contribution in [0.15, 0.2) is 24.3 Å². The van der Waals surface area contributed by atoms with Crippen LogP contribution in [0.3, 0.4) is 0 Å². The Labute approximate surface area is 118 Å². The van der Waals surface area contributed by atoms with E-state index >= 15 is 0 Å². The molecule has 0 bridgehead atoms. The second-order valence-corrected chi connectivity index (χ2v) is 5.70. The number of fused-ring (bicyclic) bond motifs is 1. The van der Waals surface area contributed by atoms with Gasteiger partial charge in [-0.3, -0.25) is 14.5 Å². The molecule has 0 aliphatic carbocycles. The average Bonchev–Trinajstić information content (AvgIpc) is 2.33. The molecular weight excluding hydrogens is 256 g/mol. The number of amides is 1. The highest BCUT2D eigenvalue weighted by atomic mass is 16.5. The van der Waals surface area contributed by atoms with Gasteiger partial charge in [-0.05, 0) is 39.8 Å². The quantitative estimate of drug-likeness (QED) is 0.860. The van der Waals surface area contributed by atoms with Gasteiger partial charge in [-0.25, -0.2) is 0 Å². The van der Waals surface area contributed by atoms with Crippen molar-refractivity contribution in [3.05, 3.63) is 24.3 Å². The fourth-order valence-electron chi connectivity index (χ4n) is 2.24. The third kappa shape index (κ3) is 2.76. The molecule has 20 heavy (non-hydrogen) atoms. The predicted octanol–water partition coefficient (Wildman–Crippen LogP) is 2.18. The predicted molar refractivity (Wildman–Crippen MR) is 77.7 cm³/mol. The number of carbonyl (C=O) groups excluding carboxylic acids is 2. The largest absolute Gasteiger partial charge is 0.462 e. The lowest BCUT2D eigenvalue weighted by Gasteiger charge is -2.39.